The number of pyridine rings is 1. The summed E-state index contributed by atoms with van der Waals surface area (Å²) in [4.78, 5) is 6.53. The molecule has 0 N–H and O–H groups in total. The fraction of sp³-hybridized carbons (Fsp3) is 0. The molecule has 0 atom stereocenters. The fourth-order valence-corrected chi connectivity index (χ4v) is 3.51. The van der Waals surface area contributed by atoms with Crippen LogP contribution in [-0.2, 0) is 0 Å². The fourth-order valence-electron chi connectivity index (χ4n) is 2.69. The zero-order chi connectivity index (χ0) is 16.9. The van der Waals surface area contributed by atoms with Crippen molar-refractivity contribution in [3.8, 4) is 0 Å². The van der Waals surface area contributed by atoms with Crippen molar-refractivity contribution in [3.05, 3.63) is 100 Å². The predicted octanol–water partition coefficient (Wildman–Crippen LogP) is 6.64. The maximum atomic E-state index is 4.04. The summed E-state index contributed by atoms with van der Waals surface area (Å²) in [6, 6.07) is 23.3. The maximum absolute atomic E-state index is 4.04. The summed E-state index contributed by atoms with van der Waals surface area (Å²) in [5.41, 5.74) is 2.39. The number of rotatable bonds is 4. The van der Waals surface area contributed by atoms with Gasteiger partial charge in [-0.05, 0) is 64.4 Å². The third-order valence-electron chi connectivity index (χ3n) is 4.01. The minimum atomic E-state index is 1.16. The van der Waals surface area contributed by atoms with Gasteiger partial charge in [-0.15, -0.1) is 11.3 Å². The lowest BCUT2D eigenvalue weighted by atomic mass is 10.1. The van der Waals surface area contributed by atoms with Crippen molar-refractivity contribution >= 4 is 46.4 Å². The summed E-state index contributed by atoms with van der Waals surface area (Å²) in [6.07, 6.45) is 12.2. The first-order valence-electron chi connectivity index (χ1n) is 8.22. The van der Waals surface area contributed by atoms with Gasteiger partial charge in [-0.3, -0.25) is 4.98 Å². The van der Waals surface area contributed by atoms with Crippen LogP contribution in [0.3, 0.4) is 0 Å². The Bertz CT molecular complexity index is 1040. The van der Waals surface area contributed by atoms with Gasteiger partial charge in [0.1, 0.15) is 0 Å². The van der Waals surface area contributed by atoms with Crippen molar-refractivity contribution in [1.29, 1.82) is 0 Å². The molecular formula is C23H17NS. The minimum absolute atomic E-state index is 1.16. The van der Waals surface area contributed by atoms with Gasteiger partial charge in [0.05, 0.1) is 0 Å². The van der Waals surface area contributed by atoms with E-state index in [1.807, 2.05) is 24.5 Å². The predicted molar refractivity (Wildman–Crippen MR) is 110 cm³/mol. The summed E-state index contributed by atoms with van der Waals surface area (Å²) in [6.45, 7) is 0. The van der Waals surface area contributed by atoms with Crippen molar-refractivity contribution in [1.82, 2.24) is 4.98 Å². The maximum Gasteiger partial charge on any atom is 0.0276 e. The van der Waals surface area contributed by atoms with E-state index in [0.29, 0.717) is 0 Å². The van der Waals surface area contributed by atoms with Crippen LogP contribution in [0.15, 0.2) is 79.1 Å². The van der Waals surface area contributed by atoms with E-state index in [0.717, 1.165) is 5.56 Å². The highest BCUT2D eigenvalue weighted by Gasteiger charge is 1.96. The molecule has 0 aliphatic rings. The lowest BCUT2D eigenvalue weighted by molar-refractivity contribution is 1.32. The number of fused-ring (bicyclic) bond motifs is 1. The van der Waals surface area contributed by atoms with Crippen LogP contribution in [0, 0.1) is 0 Å². The standard InChI is InChI=1S/C23H17NS/c1-2-4-21-17-19(5-8-20(21)3-1)7-10-23-12-11-22(25-23)9-6-18-13-15-24-16-14-18/h1-17H/b9-6+,10-7+. The molecule has 0 saturated carbocycles. The van der Waals surface area contributed by atoms with Crippen molar-refractivity contribution in [3.63, 3.8) is 0 Å². The highest BCUT2D eigenvalue weighted by atomic mass is 32.1. The number of hydrogen-bond donors (Lipinski definition) is 0. The molecule has 0 amide bonds. The lowest BCUT2D eigenvalue weighted by Gasteiger charge is -1.98. The third-order valence-corrected chi connectivity index (χ3v) is 5.02. The molecule has 0 saturated heterocycles. The SMILES string of the molecule is C(=C\c1ccc(/C=C/c2ccc3ccccc3c2)s1)/c1ccncc1. The van der Waals surface area contributed by atoms with Gasteiger partial charge in [0.15, 0.2) is 0 Å². The largest absolute Gasteiger partial charge is 0.265 e. The van der Waals surface area contributed by atoms with Crippen LogP contribution in [-0.4, -0.2) is 4.98 Å². The number of thiophene rings is 1. The van der Waals surface area contributed by atoms with E-state index in [2.05, 4.69) is 83.9 Å². The molecule has 4 aromatic rings. The summed E-state index contributed by atoms with van der Waals surface area (Å²) >= 11 is 1.79. The first-order chi connectivity index (χ1) is 12.4. The van der Waals surface area contributed by atoms with Crippen molar-refractivity contribution < 1.29 is 0 Å². The second-order valence-corrected chi connectivity index (χ2v) is 6.94. The van der Waals surface area contributed by atoms with Gasteiger partial charge < -0.3 is 0 Å². The molecule has 0 aliphatic carbocycles. The van der Waals surface area contributed by atoms with E-state index in [-0.39, 0.29) is 0 Å². The van der Waals surface area contributed by atoms with Gasteiger partial charge >= 0.3 is 0 Å². The van der Waals surface area contributed by atoms with E-state index < -0.39 is 0 Å². The molecule has 2 aromatic carbocycles. The first-order valence-corrected chi connectivity index (χ1v) is 9.03. The Balaban J connectivity index is 1.50. The Hall–Kier alpha value is -2.97. The molecule has 2 heteroatoms. The lowest BCUT2D eigenvalue weighted by Crippen LogP contribution is -1.74. The van der Waals surface area contributed by atoms with Crippen LogP contribution in [0.1, 0.15) is 20.9 Å². The minimum Gasteiger partial charge on any atom is -0.265 e. The number of hydrogen-bond acceptors (Lipinski definition) is 2. The second kappa shape index (κ2) is 7.29. The van der Waals surface area contributed by atoms with Gasteiger partial charge in [-0.2, -0.15) is 0 Å². The monoisotopic (exact) mass is 339 g/mol. The Kier molecular flexibility index (Phi) is 4.53. The highest BCUT2D eigenvalue weighted by molar-refractivity contribution is 7.13. The van der Waals surface area contributed by atoms with E-state index in [1.165, 1.54) is 26.1 Å². The van der Waals surface area contributed by atoms with Crippen LogP contribution in [0.4, 0.5) is 0 Å². The van der Waals surface area contributed by atoms with Crippen LogP contribution >= 0.6 is 11.3 Å². The molecule has 0 spiro atoms. The summed E-state index contributed by atoms with van der Waals surface area (Å²) in [7, 11) is 0. The zero-order valence-electron chi connectivity index (χ0n) is 13.7. The molecular weight excluding hydrogens is 322 g/mol. The molecule has 1 nitrogen and oxygen atoms in total. The molecule has 0 aliphatic heterocycles. The number of aromatic nitrogens is 1. The molecule has 4 rings (SSSR count). The Labute approximate surface area is 151 Å². The van der Waals surface area contributed by atoms with Gasteiger partial charge in [0, 0.05) is 22.1 Å². The van der Waals surface area contributed by atoms with Crippen molar-refractivity contribution in [2.75, 3.05) is 0 Å². The Morgan fingerprint density at radius 1 is 0.600 bits per heavy atom. The average molecular weight is 339 g/mol. The smallest absolute Gasteiger partial charge is 0.0276 e. The van der Waals surface area contributed by atoms with Crippen molar-refractivity contribution in [2.45, 2.75) is 0 Å². The molecule has 0 bridgehead atoms. The molecule has 0 unspecified atom stereocenters. The molecule has 0 radical (unpaired) electrons. The van der Waals surface area contributed by atoms with Crippen LogP contribution < -0.4 is 0 Å². The van der Waals surface area contributed by atoms with Crippen LogP contribution in [0.25, 0.3) is 35.1 Å². The van der Waals surface area contributed by atoms with Crippen LogP contribution in [0.2, 0.25) is 0 Å². The summed E-state index contributed by atoms with van der Waals surface area (Å²) in [5.74, 6) is 0. The third kappa shape index (κ3) is 3.93. The normalized spacial score (nSPS) is 11.7. The molecule has 25 heavy (non-hydrogen) atoms. The summed E-state index contributed by atoms with van der Waals surface area (Å²) < 4.78 is 0. The van der Waals surface area contributed by atoms with Gasteiger partial charge in [-0.1, -0.05) is 48.6 Å². The van der Waals surface area contributed by atoms with E-state index in [9.17, 15) is 0 Å². The molecule has 120 valence electrons. The average Bonchev–Trinajstić information content (AvgIpc) is 3.13. The zero-order valence-corrected chi connectivity index (χ0v) is 14.5. The van der Waals surface area contributed by atoms with Crippen molar-refractivity contribution in [2.24, 2.45) is 0 Å². The number of benzene rings is 2. The van der Waals surface area contributed by atoms with Gasteiger partial charge in [0.2, 0.25) is 0 Å². The summed E-state index contributed by atoms with van der Waals surface area (Å²) in [5, 5.41) is 2.55. The van der Waals surface area contributed by atoms with E-state index >= 15 is 0 Å². The van der Waals surface area contributed by atoms with E-state index in [1.54, 1.807) is 11.3 Å². The molecule has 2 heterocycles. The molecule has 2 aromatic heterocycles. The van der Waals surface area contributed by atoms with E-state index in [4.69, 9.17) is 0 Å². The number of nitrogens with zero attached hydrogens (tertiary/aromatic N) is 1. The quantitative estimate of drug-likeness (QED) is 0.406. The van der Waals surface area contributed by atoms with Gasteiger partial charge in [0.25, 0.3) is 0 Å². The Morgan fingerprint density at radius 3 is 2.04 bits per heavy atom. The van der Waals surface area contributed by atoms with Gasteiger partial charge in [-0.25, -0.2) is 0 Å². The van der Waals surface area contributed by atoms with Crippen LogP contribution in [0.5, 0.6) is 0 Å². The first kappa shape index (κ1) is 15.6. The highest BCUT2D eigenvalue weighted by Crippen LogP contribution is 2.22. The molecule has 0 fully saturated rings. The topological polar surface area (TPSA) is 12.9 Å². The second-order valence-electron chi connectivity index (χ2n) is 5.79. The Morgan fingerprint density at radius 2 is 1.28 bits per heavy atom.